The van der Waals surface area contributed by atoms with Crippen LogP contribution in [0.4, 0.5) is 19.0 Å². The molecule has 1 fully saturated rings. The number of nitrogens with zero attached hydrogens (tertiary/aromatic N) is 8. The van der Waals surface area contributed by atoms with Crippen LogP contribution < -0.4 is 5.32 Å². The summed E-state index contributed by atoms with van der Waals surface area (Å²) < 4.78 is 41.1. The van der Waals surface area contributed by atoms with E-state index in [-0.39, 0.29) is 49.3 Å². The molecule has 5 heterocycles. The number of alkyl halides is 3. The number of fused-ring (bicyclic) bond motifs is 2. The summed E-state index contributed by atoms with van der Waals surface area (Å²) in [6.45, 7) is 3.94. The lowest BCUT2D eigenvalue weighted by Crippen LogP contribution is -2.45. The number of amides is 3. The van der Waals surface area contributed by atoms with Crippen LogP contribution in [0.2, 0.25) is 0 Å². The summed E-state index contributed by atoms with van der Waals surface area (Å²) in [5.74, 6) is -0.816. The summed E-state index contributed by atoms with van der Waals surface area (Å²) in [4.78, 5) is 66.0. The molecule has 2 atom stereocenters. The third-order valence-electron chi connectivity index (χ3n) is 9.76. The minimum absolute atomic E-state index is 0.0295. The van der Waals surface area contributed by atoms with Crippen LogP contribution in [-0.2, 0) is 33.9 Å². The molecule has 0 saturated carbocycles. The number of carbonyl (C=O) groups excluding carboxylic acids is 4. The van der Waals surface area contributed by atoms with Crippen LogP contribution in [0.25, 0.3) is 22.0 Å². The van der Waals surface area contributed by atoms with Crippen LogP contribution in [0.15, 0.2) is 36.8 Å². The van der Waals surface area contributed by atoms with Crippen molar-refractivity contribution in [2.45, 2.75) is 91.0 Å². The minimum atomic E-state index is -4.50. The van der Waals surface area contributed by atoms with E-state index in [1.54, 1.807) is 31.3 Å². The normalized spacial score (nSPS) is 20.7. The van der Waals surface area contributed by atoms with Gasteiger partial charge in [0, 0.05) is 74.5 Å². The predicted octanol–water partition coefficient (Wildman–Crippen LogP) is 4.97. The van der Waals surface area contributed by atoms with Crippen molar-refractivity contribution in [3.05, 3.63) is 53.9 Å². The van der Waals surface area contributed by atoms with Gasteiger partial charge in [-0.25, -0.2) is 9.97 Å². The Hall–Kier alpha value is -5.15. The van der Waals surface area contributed by atoms with E-state index < -0.39 is 36.0 Å². The molecule has 0 radical (unpaired) electrons. The molecule has 1 aromatic carbocycles. The molecular formula is C36H42F3N9O4. The monoisotopic (exact) mass is 721 g/mol. The first-order valence-corrected chi connectivity index (χ1v) is 17.4. The summed E-state index contributed by atoms with van der Waals surface area (Å²) in [6, 6.07) is 4.12. The zero-order valence-electron chi connectivity index (χ0n) is 29.7. The molecule has 1 N–H and O–H groups in total. The van der Waals surface area contributed by atoms with Crippen LogP contribution in [-0.4, -0.2) is 95.2 Å². The molecule has 0 unspecified atom stereocenters. The molecule has 276 valence electrons. The highest BCUT2D eigenvalue weighted by atomic mass is 19.4. The molecular weight excluding hydrogens is 679 g/mol. The number of halogens is 3. The van der Waals surface area contributed by atoms with Gasteiger partial charge < -0.3 is 15.1 Å². The fourth-order valence-corrected chi connectivity index (χ4v) is 7.38. The number of anilines is 1. The zero-order chi connectivity index (χ0) is 37.4. The largest absolute Gasteiger partial charge is 0.408 e. The van der Waals surface area contributed by atoms with E-state index in [0.29, 0.717) is 40.7 Å². The van der Waals surface area contributed by atoms with Crippen LogP contribution in [0, 0.1) is 12.3 Å². The van der Waals surface area contributed by atoms with Gasteiger partial charge in [0.05, 0.1) is 5.52 Å². The van der Waals surface area contributed by atoms with Crippen molar-refractivity contribution < 1.29 is 32.3 Å². The maximum absolute atomic E-state index is 14.3. The lowest BCUT2D eigenvalue weighted by molar-refractivity contribution is -0.142. The number of aryl methyl sites for hydroxylation is 2. The third kappa shape index (κ3) is 8.15. The molecule has 2 aliphatic heterocycles. The molecule has 3 aromatic heterocycles. The molecule has 6 rings (SSSR count). The summed E-state index contributed by atoms with van der Waals surface area (Å²) >= 11 is 0. The van der Waals surface area contributed by atoms with E-state index in [2.05, 4.69) is 25.5 Å². The van der Waals surface area contributed by atoms with Gasteiger partial charge in [0.25, 0.3) is 0 Å². The quantitative estimate of drug-likeness (QED) is 0.284. The number of Topliss-reactive ketones (excluding diaryl/α,β-unsaturated/α-hetero) is 1. The number of benzene rings is 1. The van der Waals surface area contributed by atoms with Crippen molar-refractivity contribution in [1.82, 2.24) is 39.3 Å². The third-order valence-corrected chi connectivity index (χ3v) is 9.76. The number of ketones is 1. The number of rotatable bonds is 5. The predicted molar refractivity (Wildman–Crippen MR) is 185 cm³/mol. The number of hydrogen-bond acceptors (Lipinski definition) is 8. The van der Waals surface area contributed by atoms with Gasteiger partial charge in [0.15, 0.2) is 11.6 Å². The molecule has 3 amide bonds. The SMILES string of the molecule is CC(=O)c1nn2c3c(cc(-c4cnc(C)nc4)cc13)CCCCCCC(=O)N(C)C[C@]1(C)C[C@@H](C(=O)Nc3ccn(CC(F)(F)F)n3)N(C1)C(=O)C2. The average Bonchev–Trinajstić information content (AvgIpc) is 3.77. The Morgan fingerprint density at radius 2 is 1.69 bits per heavy atom. The van der Waals surface area contributed by atoms with Gasteiger partial charge in [-0.3, -0.25) is 28.5 Å². The Morgan fingerprint density at radius 3 is 2.38 bits per heavy atom. The summed E-state index contributed by atoms with van der Waals surface area (Å²) in [7, 11) is 1.71. The lowest BCUT2D eigenvalue weighted by atomic mass is 9.87. The second-order valence-electron chi connectivity index (χ2n) is 14.3. The Bertz CT molecular complexity index is 2010. The molecule has 2 aliphatic rings. The van der Waals surface area contributed by atoms with E-state index >= 15 is 0 Å². The molecule has 13 nitrogen and oxygen atoms in total. The van der Waals surface area contributed by atoms with Crippen molar-refractivity contribution in [2.24, 2.45) is 5.41 Å². The van der Waals surface area contributed by atoms with Gasteiger partial charge in [-0.2, -0.15) is 23.4 Å². The van der Waals surface area contributed by atoms with Crippen LogP contribution in [0.5, 0.6) is 0 Å². The van der Waals surface area contributed by atoms with Crippen LogP contribution in [0.3, 0.4) is 0 Å². The average molecular weight is 722 g/mol. The fraction of sp³-hybridized carbons (Fsp3) is 0.500. The van der Waals surface area contributed by atoms with E-state index in [0.717, 1.165) is 42.1 Å². The van der Waals surface area contributed by atoms with Crippen LogP contribution >= 0.6 is 0 Å². The topological polar surface area (TPSA) is 148 Å². The number of carbonyl (C=O) groups is 4. The van der Waals surface area contributed by atoms with Crippen molar-refractivity contribution >= 4 is 40.2 Å². The van der Waals surface area contributed by atoms with Gasteiger partial charge in [-0.05, 0) is 55.9 Å². The first-order valence-electron chi connectivity index (χ1n) is 17.4. The molecule has 16 heteroatoms. The molecule has 52 heavy (non-hydrogen) atoms. The Labute approximate surface area is 298 Å². The van der Waals surface area contributed by atoms with E-state index in [9.17, 15) is 32.3 Å². The van der Waals surface area contributed by atoms with Crippen LogP contribution in [0.1, 0.15) is 74.2 Å². The Morgan fingerprint density at radius 1 is 0.981 bits per heavy atom. The highest BCUT2D eigenvalue weighted by Crippen LogP contribution is 2.37. The number of hydrogen-bond donors (Lipinski definition) is 1. The molecule has 2 bridgehead atoms. The molecule has 0 aliphatic carbocycles. The first-order chi connectivity index (χ1) is 24.6. The summed E-state index contributed by atoms with van der Waals surface area (Å²) in [6.07, 6.45) is 4.46. The van der Waals surface area contributed by atoms with Gasteiger partial charge in [0.2, 0.25) is 17.7 Å². The highest BCUT2D eigenvalue weighted by molar-refractivity contribution is 6.07. The first kappa shape index (κ1) is 36.6. The second-order valence-corrected chi connectivity index (χ2v) is 14.3. The van der Waals surface area contributed by atoms with Gasteiger partial charge in [-0.1, -0.05) is 19.8 Å². The number of nitrogens with one attached hydrogen (secondary N) is 1. The smallest absolute Gasteiger partial charge is 0.345 e. The van der Waals surface area contributed by atoms with Gasteiger partial charge >= 0.3 is 6.18 Å². The standard InChI is InChI=1S/C36H42F3N9O4/c1-22(49)32-27-14-25(26-16-40-23(2)41-17-26)13-24-9-7-5-6-8-10-30(50)45(4)19-35(3)15-28(47(20-35)31(51)18-48(44-32)33(24)27)34(52)42-29-11-12-46(43-29)21-36(37,38)39/h11-14,16-17,28H,5-10,15,18-21H2,1-4H3,(H,42,43,52)/t28-,35-/m0/s1. The van der Waals surface area contributed by atoms with Crippen molar-refractivity contribution in [3.8, 4) is 11.1 Å². The summed E-state index contributed by atoms with van der Waals surface area (Å²) in [5, 5.41) is 11.7. The highest BCUT2D eigenvalue weighted by Gasteiger charge is 2.47. The molecule has 1 saturated heterocycles. The number of aromatic nitrogens is 6. The molecule has 4 aromatic rings. The Kier molecular flexibility index (Phi) is 10.2. The van der Waals surface area contributed by atoms with E-state index in [1.807, 2.05) is 19.1 Å². The second kappa shape index (κ2) is 14.5. The Balaban J connectivity index is 1.38. The van der Waals surface area contributed by atoms with Crippen molar-refractivity contribution in [3.63, 3.8) is 0 Å². The minimum Gasteiger partial charge on any atom is -0.345 e. The van der Waals surface area contributed by atoms with E-state index in [4.69, 9.17) is 0 Å². The molecule has 0 spiro atoms. The van der Waals surface area contributed by atoms with E-state index in [1.165, 1.54) is 22.6 Å². The lowest BCUT2D eigenvalue weighted by Gasteiger charge is -2.30. The van der Waals surface area contributed by atoms with Crippen molar-refractivity contribution in [2.75, 3.05) is 25.5 Å². The fourth-order valence-electron chi connectivity index (χ4n) is 7.38. The van der Waals surface area contributed by atoms with Gasteiger partial charge in [-0.15, -0.1) is 0 Å². The maximum atomic E-state index is 14.3. The van der Waals surface area contributed by atoms with Gasteiger partial charge in [0.1, 0.15) is 30.6 Å². The van der Waals surface area contributed by atoms with Crippen molar-refractivity contribution in [1.29, 1.82) is 0 Å². The summed E-state index contributed by atoms with van der Waals surface area (Å²) in [5.41, 5.74) is 2.63. The maximum Gasteiger partial charge on any atom is 0.408 e. The zero-order valence-corrected chi connectivity index (χ0v) is 29.7.